The second kappa shape index (κ2) is 3.61. The molecule has 0 aliphatic carbocycles. The molecule has 0 heterocycles. The quantitative estimate of drug-likeness (QED) is 0.666. The summed E-state index contributed by atoms with van der Waals surface area (Å²) in [5.74, 6) is -1.88. The van der Waals surface area contributed by atoms with Crippen LogP contribution < -0.4 is 0 Å². The topological polar surface area (TPSA) is 17.1 Å². The highest BCUT2D eigenvalue weighted by Crippen LogP contribution is 2.24. The van der Waals surface area contributed by atoms with Crippen LogP contribution in [0.2, 0.25) is 5.02 Å². The van der Waals surface area contributed by atoms with Crippen LogP contribution in [0.1, 0.15) is 15.9 Å². The van der Waals surface area contributed by atoms with Crippen molar-refractivity contribution in [3.63, 3.8) is 0 Å². The lowest BCUT2D eigenvalue weighted by molar-refractivity contribution is -0.0885. The van der Waals surface area contributed by atoms with Gasteiger partial charge in [0.25, 0.3) is 5.78 Å². The van der Waals surface area contributed by atoms with Gasteiger partial charge in [-0.15, -0.1) is 0 Å². The largest absolute Gasteiger partial charge is 0.454 e. The zero-order valence-corrected chi connectivity index (χ0v) is 7.91. The number of halogens is 4. The van der Waals surface area contributed by atoms with Gasteiger partial charge in [-0.25, -0.2) is 0 Å². The first-order valence-corrected chi connectivity index (χ1v) is 4.08. The van der Waals surface area contributed by atoms with E-state index in [1.165, 1.54) is 6.07 Å². The Morgan fingerprint density at radius 3 is 2.36 bits per heavy atom. The van der Waals surface area contributed by atoms with E-state index in [0.29, 0.717) is 5.56 Å². The van der Waals surface area contributed by atoms with Crippen molar-refractivity contribution >= 4 is 17.4 Å². The Kier molecular flexibility index (Phi) is 2.85. The summed E-state index contributed by atoms with van der Waals surface area (Å²) in [6.45, 7) is 1.64. The van der Waals surface area contributed by atoms with Gasteiger partial charge in [-0.2, -0.15) is 13.2 Å². The number of carbonyl (C=O) groups is 1. The summed E-state index contributed by atoms with van der Waals surface area (Å²) in [4.78, 5) is 10.7. The fourth-order valence-corrected chi connectivity index (χ4v) is 1.08. The maximum atomic E-state index is 12.0. The summed E-state index contributed by atoms with van der Waals surface area (Å²) < 4.78 is 35.9. The number of benzene rings is 1. The molecule has 0 N–H and O–H groups in total. The van der Waals surface area contributed by atoms with Crippen LogP contribution in [-0.4, -0.2) is 12.0 Å². The van der Waals surface area contributed by atoms with Crippen LogP contribution in [0.4, 0.5) is 13.2 Å². The molecule has 0 saturated heterocycles. The first kappa shape index (κ1) is 11.0. The Hall–Kier alpha value is -1.03. The SMILES string of the molecule is Cc1ccc(C(=O)C(F)(F)F)cc1Cl. The smallest absolute Gasteiger partial charge is 0.284 e. The fraction of sp³-hybridized carbons (Fsp3) is 0.222. The lowest BCUT2D eigenvalue weighted by Crippen LogP contribution is -2.22. The van der Waals surface area contributed by atoms with Crippen LogP contribution >= 0.6 is 11.6 Å². The Bertz CT molecular complexity index is 371. The maximum Gasteiger partial charge on any atom is 0.454 e. The van der Waals surface area contributed by atoms with Gasteiger partial charge in [0.2, 0.25) is 0 Å². The molecule has 0 aliphatic rings. The normalized spacial score (nSPS) is 11.5. The van der Waals surface area contributed by atoms with E-state index in [-0.39, 0.29) is 5.02 Å². The summed E-state index contributed by atoms with van der Waals surface area (Å²) in [6.07, 6.45) is -4.85. The standard InChI is InChI=1S/C9H6ClF3O/c1-5-2-3-6(4-7(5)10)8(14)9(11,12)13/h2-4H,1H3. The molecule has 0 fully saturated rings. The average molecular weight is 223 g/mol. The van der Waals surface area contributed by atoms with Gasteiger partial charge in [0.1, 0.15) is 0 Å². The molecule has 0 bridgehead atoms. The Morgan fingerprint density at radius 2 is 1.93 bits per heavy atom. The number of alkyl halides is 3. The van der Waals surface area contributed by atoms with E-state index in [2.05, 4.69) is 0 Å². The molecule has 0 unspecified atom stereocenters. The monoisotopic (exact) mass is 222 g/mol. The van der Waals surface area contributed by atoms with E-state index >= 15 is 0 Å². The molecule has 0 atom stereocenters. The van der Waals surface area contributed by atoms with E-state index in [9.17, 15) is 18.0 Å². The molecule has 0 spiro atoms. The molecule has 1 nitrogen and oxygen atoms in total. The highest BCUT2D eigenvalue weighted by atomic mass is 35.5. The van der Waals surface area contributed by atoms with Gasteiger partial charge in [-0.05, 0) is 18.6 Å². The summed E-state index contributed by atoms with van der Waals surface area (Å²) in [5.41, 5.74) is 0.193. The third-order valence-corrected chi connectivity index (χ3v) is 2.10. The molecule has 1 aromatic rings. The molecular weight excluding hydrogens is 217 g/mol. The van der Waals surface area contributed by atoms with Crippen LogP contribution in [0.3, 0.4) is 0 Å². The van der Waals surface area contributed by atoms with E-state index < -0.39 is 17.5 Å². The lowest BCUT2D eigenvalue weighted by atomic mass is 10.1. The second-order valence-electron chi connectivity index (χ2n) is 2.79. The minimum atomic E-state index is -4.85. The average Bonchev–Trinajstić information content (AvgIpc) is 2.07. The molecule has 1 rings (SSSR count). The van der Waals surface area contributed by atoms with Crippen LogP contribution in [0.15, 0.2) is 18.2 Å². The second-order valence-corrected chi connectivity index (χ2v) is 3.20. The Balaban J connectivity index is 3.10. The van der Waals surface area contributed by atoms with Crippen molar-refractivity contribution < 1.29 is 18.0 Å². The van der Waals surface area contributed by atoms with Crippen molar-refractivity contribution in [1.82, 2.24) is 0 Å². The molecular formula is C9H6ClF3O. The minimum absolute atomic E-state index is 0.153. The van der Waals surface area contributed by atoms with Crippen molar-refractivity contribution in [3.8, 4) is 0 Å². The van der Waals surface area contributed by atoms with Crippen molar-refractivity contribution in [1.29, 1.82) is 0 Å². The van der Waals surface area contributed by atoms with Crippen molar-refractivity contribution in [2.45, 2.75) is 13.1 Å². The number of aryl methyl sites for hydroxylation is 1. The van der Waals surface area contributed by atoms with Crippen molar-refractivity contribution in [2.24, 2.45) is 0 Å². The summed E-state index contributed by atoms with van der Waals surface area (Å²) in [5, 5.41) is 0.153. The third-order valence-electron chi connectivity index (χ3n) is 1.69. The number of rotatable bonds is 1. The number of carbonyl (C=O) groups excluding carboxylic acids is 1. The number of hydrogen-bond acceptors (Lipinski definition) is 1. The first-order valence-electron chi connectivity index (χ1n) is 3.70. The molecule has 0 aliphatic heterocycles. The number of ketones is 1. The molecule has 0 saturated carbocycles. The predicted molar refractivity (Wildman–Crippen MR) is 46.6 cm³/mol. The summed E-state index contributed by atoms with van der Waals surface area (Å²) >= 11 is 5.59. The zero-order chi connectivity index (χ0) is 10.9. The van der Waals surface area contributed by atoms with Crippen LogP contribution in [0.5, 0.6) is 0 Å². The summed E-state index contributed by atoms with van der Waals surface area (Å²) in [7, 11) is 0. The van der Waals surface area contributed by atoms with E-state index in [4.69, 9.17) is 11.6 Å². The highest BCUT2D eigenvalue weighted by Gasteiger charge is 2.39. The Labute approximate surface area is 83.5 Å². The van der Waals surface area contributed by atoms with Gasteiger partial charge in [0, 0.05) is 10.6 Å². The molecule has 0 aromatic heterocycles. The van der Waals surface area contributed by atoms with Gasteiger partial charge in [-0.1, -0.05) is 23.7 Å². The maximum absolute atomic E-state index is 12.0. The highest BCUT2D eigenvalue weighted by molar-refractivity contribution is 6.31. The molecule has 0 radical (unpaired) electrons. The van der Waals surface area contributed by atoms with E-state index in [1.807, 2.05) is 0 Å². The molecule has 0 amide bonds. The van der Waals surface area contributed by atoms with Gasteiger partial charge in [-0.3, -0.25) is 4.79 Å². The van der Waals surface area contributed by atoms with Crippen LogP contribution in [-0.2, 0) is 0 Å². The molecule has 76 valence electrons. The molecule has 5 heteroatoms. The Morgan fingerprint density at radius 1 is 1.36 bits per heavy atom. The zero-order valence-electron chi connectivity index (χ0n) is 7.15. The van der Waals surface area contributed by atoms with Gasteiger partial charge < -0.3 is 0 Å². The number of hydrogen-bond donors (Lipinski definition) is 0. The molecule has 1 aromatic carbocycles. The number of Topliss-reactive ketones (excluding diaryl/α,β-unsaturated/α-hetero) is 1. The van der Waals surface area contributed by atoms with Gasteiger partial charge in [0.05, 0.1) is 0 Å². The first-order chi connectivity index (χ1) is 6.32. The lowest BCUT2D eigenvalue weighted by Gasteiger charge is -2.06. The summed E-state index contributed by atoms with van der Waals surface area (Å²) in [6, 6.07) is 3.51. The third kappa shape index (κ3) is 2.26. The molecule has 14 heavy (non-hydrogen) atoms. The van der Waals surface area contributed by atoms with E-state index in [1.54, 1.807) is 6.92 Å². The fourth-order valence-electron chi connectivity index (χ4n) is 0.898. The predicted octanol–water partition coefficient (Wildman–Crippen LogP) is 3.39. The van der Waals surface area contributed by atoms with Crippen molar-refractivity contribution in [3.05, 3.63) is 34.3 Å². The van der Waals surface area contributed by atoms with E-state index in [0.717, 1.165) is 12.1 Å². The minimum Gasteiger partial charge on any atom is -0.284 e. The van der Waals surface area contributed by atoms with Crippen LogP contribution in [0.25, 0.3) is 0 Å². The van der Waals surface area contributed by atoms with Crippen LogP contribution in [0, 0.1) is 6.92 Å². The van der Waals surface area contributed by atoms with Crippen molar-refractivity contribution in [2.75, 3.05) is 0 Å². The van der Waals surface area contributed by atoms with Gasteiger partial charge in [0.15, 0.2) is 0 Å². The van der Waals surface area contributed by atoms with Gasteiger partial charge >= 0.3 is 6.18 Å².